The van der Waals surface area contributed by atoms with Crippen LogP contribution in [0.2, 0.25) is 10.0 Å². The van der Waals surface area contributed by atoms with E-state index in [4.69, 9.17) is 33.7 Å². The van der Waals surface area contributed by atoms with Gasteiger partial charge in [-0.2, -0.15) is 0 Å². The van der Waals surface area contributed by atoms with Crippen molar-refractivity contribution in [2.24, 2.45) is 5.41 Å². The van der Waals surface area contributed by atoms with Crippen LogP contribution in [0.4, 0.5) is 5.69 Å². The normalized spacial score (nSPS) is 17.1. The molecule has 3 N–H and O–H groups in total. The number of amides is 1. The number of hydrogen-bond acceptors (Lipinski definition) is 3. The second-order valence-corrected chi connectivity index (χ2v) is 5.65. The molecule has 2 rings (SSSR count). The molecule has 1 fully saturated rings. The summed E-state index contributed by atoms with van der Waals surface area (Å²) >= 11 is 11.8. The number of halogens is 2. The summed E-state index contributed by atoms with van der Waals surface area (Å²) in [4.78, 5) is 11.9. The lowest BCUT2D eigenvalue weighted by Crippen LogP contribution is -2.48. The van der Waals surface area contributed by atoms with Gasteiger partial charge in [-0.05, 0) is 12.1 Å². The Kier molecular flexibility index (Phi) is 3.71. The van der Waals surface area contributed by atoms with Crippen molar-refractivity contribution in [1.29, 1.82) is 0 Å². The first-order valence-electron chi connectivity index (χ1n) is 5.52. The van der Waals surface area contributed by atoms with Gasteiger partial charge in [-0.3, -0.25) is 4.79 Å². The van der Waals surface area contributed by atoms with E-state index in [0.717, 1.165) is 0 Å². The second-order valence-electron chi connectivity index (χ2n) is 4.84. The fourth-order valence-electron chi connectivity index (χ4n) is 1.66. The standard InChI is InChI=1S/C12H14Cl2N2O2/c1-12(5-18-6-12)4-16-11(17)7-2-8(13)10(15)9(14)3-7/h2-3H,4-6,15H2,1H3,(H,16,17). The topological polar surface area (TPSA) is 64.4 Å². The van der Waals surface area contributed by atoms with Crippen molar-refractivity contribution in [3.05, 3.63) is 27.7 Å². The zero-order valence-electron chi connectivity index (χ0n) is 9.93. The van der Waals surface area contributed by atoms with E-state index in [0.29, 0.717) is 25.3 Å². The highest BCUT2D eigenvalue weighted by molar-refractivity contribution is 6.39. The lowest BCUT2D eigenvalue weighted by atomic mass is 9.88. The van der Waals surface area contributed by atoms with Crippen LogP contribution in [-0.2, 0) is 4.74 Å². The van der Waals surface area contributed by atoms with E-state index < -0.39 is 0 Å². The Bertz CT molecular complexity index is 464. The summed E-state index contributed by atoms with van der Waals surface area (Å²) in [5, 5.41) is 3.40. The Morgan fingerprint density at radius 3 is 2.44 bits per heavy atom. The number of benzene rings is 1. The summed E-state index contributed by atoms with van der Waals surface area (Å²) in [6.07, 6.45) is 0. The quantitative estimate of drug-likeness (QED) is 0.839. The molecule has 1 amide bonds. The minimum absolute atomic E-state index is 0.0249. The number of nitrogens with one attached hydrogen (secondary N) is 1. The summed E-state index contributed by atoms with van der Waals surface area (Å²) in [7, 11) is 0. The zero-order valence-corrected chi connectivity index (χ0v) is 11.4. The predicted octanol–water partition coefficient (Wildman–Crippen LogP) is 2.34. The van der Waals surface area contributed by atoms with E-state index in [2.05, 4.69) is 12.2 Å². The summed E-state index contributed by atoms with van der Waals surface area (Å²) in [5.41, 5.74) is 6.33. The molecule has 1 saturated heterocycles. The summed E-state index contributed by atoms with van der Waals surface area (Å²) in [6.45, 7) is 3.94. The van der Waals surface area contributed by atoms with Gasteiger partial charge in [0.2, 0.25) is 0 Å². The number of nitrogen functional groups attached to an aromatic ring is 1. The van der Waals surface area contributed by atoms with Gasteiger partial charge in [0.25, 0.3) is 5.91 Å². The minimum atomic E-state index is -0.216. The summed E-state index contributed by atoms with van der Waals surface area (Å²) in [6, 6.07) is 3.02. The van der Waals surface area contributed by atoms with Crippen LogP contribution in [0.3, 0.4) is 0 Å². The van der Waals surface area contributed by atoms with Crippen LogP contribution in [0.1, 0.15) is 17.3 Å². The van der Waals surface area contributed by atoms with Crippen LogP contribution in [-0.4, -0.2) is 25.7 Å². The van der Waals surface area contributed by atoms with Crippen molar-refractivity contribution < 1.29 is 9.53 Å². The van der Waals surface area contributed by atoms with Crippen molar-refractivity contribution in [2.75, 3.05) is 25.5 Å². The SMILES string of the molecule is CC1(CNC(=O)c2cc(Cl)c(N)c(Cl)c2)COC1. The van der Waals surface area contributed by atoms with E-state index in [1.807, 2.05) is 0 Å². The zero-order chi connectivity index (χ0) is 13.3. The van der Waals surface area contributed by atoms with E-state index in [1.165, 1.54) is 12.1 Å². The molecule has 6 heteroatoms. The third-order valence-electron chi connectivity index (χ3n) is 2.92. The van der Waals surface area contributed by atoms with Gasteiger partial charge in [0.1, 0.15) is 0 Å². The smallest absolute Gasteiger partial charge is 0.251 e. The number of ether oxygens (including phenoxy) is 1. The fraction of sp³-hybridized carbons (Fsp3) is 0.417. The van der Waals surface area contributed by atoms with Crippen LogP contribution in [0.5, 0.6) is 0 Å². The molecule has 0 saturated carbocycles. The highest BCUT2D eigenvalue weighted by Gasteiger charge is 2.33. The maximum atomic E-state index is 11.9. The number of hydrogen-bond donors (Lipinski definition) is 2. The molecule has 0 atom stereocenters. The van der Waals surface area contributed by atoms with Crippen LogP contribution in [0.25, 0.3) is 0 Å². The minimum Gasteiger partial charge on any atom is -0.396 e. The lowest BCUT2D eigenvalue weighted by molar-refractivity contribution is -0.0978. The molecule has 0 aliphatic carbocycles. The Morgan fingerprint density at radius 1 is 1.44 bits per heavy atom. The molecule has 1 heterocycles. The van der Waals surface area contributed by atoms with Crippen LogP contribution >= 0.6 is 23.2 Å². The molecule has 1 aliphatic rings. The summed E-state index contributed by atoms with van der Waals surface area (Å²) in [5.74, 6) is -0.216. The van der Waals surface area contributed by atoms with Gasteiger partial charge >= 0.3 is 0 Å². The number of nitrogens with two attached hydrogens (primary N) is 1. The van der Waals surface area contributed by atoms with E-state index >= 15 is 0 Å². The maximum absolute atomic E-state index is 11.9. The monoisotopic (exact) mass is 288 g/mol. The molecule has 0 aromatic heterocycles. The Hall–Kier alpha value is -0.970. The average Bonchev–Trinajstić information content (AvgIpc) is 2.30. The molecule has 4 nitrogen and oxygen atoms in total. The van der Waals surface area contributed by atoms with Gasteiger partial charge in [-0.25, -0.2) is 0 Å². The molecule has 1 aromatic carbocycles. The number of carbonyl (C=O) groups excluding carboxylic acids is 1. The number of carbonyl (C=O) groups is 1. The van der Waals surface area contributed by atoms with E-state index in [-0.39, 0.29) is 27.1 Å². The molecule has 18 heavy (non-hydrogen) atoms. The fourth-order valence-corrected chi connectivity index (χ4v) is 2.15. The van der Waals surface area contributed by atoms with Crippen molar-refractivity contribution in [1.82, 2.24) is 5.32 Å². The van der Waals surface area contributed by atoms with Gasteiger partial charge in [0.15, 0.2) is 0 Å². The molecule has 0 unspecified atom stereocenters. The molecular formula is C12H14Cl2N2O2. The van der Waals surface area contributed by atoms with Crippen LogP contribution < -0.4 is 11.1 Å². The average molecular weight is 289 g/mol. The van der Waals surface area contributed by atoms with Crippen molar-refractivity contribution in [3.8, 4) is 0 Å². The van der Waals surface area contributed by atoms with Gasteiger partial charge in [0.05, 0.1) is 28.9 Å². The van der Waals surface area contributed by atoms with Gasteiger partial charge < -0.3 is 15.8 Å². The van der Waals surface area contributed by atoms with Gasteiger partial charge in [-0.1, -0.05) is 30.1 Å². The molecular weight excluding hydrogens is 275 g/mol. The molecule has 1 aromatic rings. The first kappa shape index (κ1) is 13.5. The molecule has 98 valence electrons. The number of anilines is 1. The summed E-state index contributed by atoms with van der Waals surface area (Å²) < 4.78 is 5.12. The van der Waals surface area contributed by atoms with Gasteiger partial charge in [-0.15, -0.1) is 0 Å². The molecule has 0 spiro atoms. The first-order chi connectivity index (χ1) is 8.41. The molecule has 0 bridgehead atoms. The third kappa shape index (κ3) is 2.71. The van der Waals surface area contributed by atoms with Crippen molar-refractivity contribution in [2.45, 2.75) is 6.92 Å². The molecule has 0 radical (unpaired) electrons. The largest absolute Gasteiger partial charge is 0.396 e. The molecule has 1 aliphatic heterocycles. The number of rotatable bonds is 3. The van der Waals surface area contributed by atoms with Crippen LogP contribution in [0, 0.1) is 5.41 Å². The Morgan fingerprint density at radius 2 is 2.00 bits per heavy atom. The predicted molar refractivity (Wildman–Crippen MR) is 72.1 cm³/mol. The highest BCUT2D eigenvalue weighted by atomic mass is 35.5. The van der Waals surface area contributed by atoms with Crippen molar-refractivity contribution >= 4 is 34.8 Å². The Balaban J connectivity index is 2.05. The highest BCUT2D eigenvalue weighted by Crippen LogP contribution is 2.29. The van der Waals surface area contributed by atoms with Gasteiger partial charge in [0, 0.05) is 17.5 Å². The van der Waals surface area contributed by atoms with Crippen molar-refractivity contribution in [3.63, 3.8) is 0 Å². The lowest BCUT2D eigenvalue weighted by Gasteiger charge is -2.38. The van der Waals surface area contributed by atoms with E-state index in [1.54, 1.807) is 0 Å². The second kappa shape index (κ2) is 4.96. The third-order valence-corrected chi connectivity index (χ3v) is 3.54. The van der Waals surface area contributed by atoms with Crippen LogP contribution in [0.15, 0.2) is 12.1 Å². The Labute approximate surface area is 115 Å². The van der Waals surface area contributed by atoms with E-state index in [9.17, 15) is 4.79 Å². The maximum Gasteiger partial charge on any atom is 0.251 e. The first-order valence-corrected chi connectivity index (χ1v) is 6.27.